The van der Waals surface area contributed by atoms with Gasteiger partial charge in [0.05, 0.1) is 12.7 Å². The van der Waals surface area contributed by atoms with Crippen molar-refractivity contribution in [2.24, 2.45) is 0 Å². The maximum absolute atomic E-state index is 9.76. The first-order valence-electron chi connectivity index (χ1n) is 6.50. The molecule has 2 aliphatic rings. The third-order valence-corrected chi connectivity index (χ3v) is 4.37. The van der Waals surface area contributed by atoms with Gasteiger partial charge in [-0.1, -0.05) is 0 Å². The lowest BCUT2D eigenvalue weighted by Gasteiger charge is -2.40. The normalized spacial score (nSPS) is 51.9. The number of hydrogen-bond donors (Lipinski definition) is 6. The Kier molecular flexibility index (Phi) is 5.82. The van der Waals surface area contributed by atoms with Crippen LogP contribution in [0.2, 0.25) is 0 Å². The highest BCUT2D eigenvalue weighted by Gasteiger charge is 2.44. The molecular weight excluding hydrogens is 308 g/mol. The van der Waals surface area contributed by atoms with E-state index in [-0.39, 0.29) is 6.61 Å². The second-order valence-corrected chi connectivity index (χ2v) is 5.99. The van der Waals surface area contributed by atoms with Crippen molar-refractivity contribution in [2.45, 2.75) is 61.4 Å². The Labute approximate surface area is 125 Å². The van der Waals surface area contributed by atoms with Crippen LogP contribution < -0.4 is 0 Å². The lowest BCUT2D eigenvalue weighted by atomic mass is 10.00. The average Bonchev–Trinajstić information content (AvgIpc) is 2.46. The second-order valence-electron chi connectivity index (χ2n) is 5.12. The Morgan fingerprint density at radius 1 is 0.905 bits per heavy atom. The number of aliphatic hydroxyl groups is 6. The van der Waals surface area contributed by atoms with Crippen molar-refractivity contribution in [1.29, 1.82) is 0 Å². The van der Waals surface area contributed by atoms with Crippen LogP contribution >= 0.6 is 12.0 Å². The van der Waals surface area contributed by atoms with Gasteiger partial charge in [-0.05, 0) is 6.92 Å². The van der Waals surface area contributed by atoms with Crippen LogP contribution in [0.3, 0.4) is 0 Å². The topological polar surface area (TPSA) is 149 Å². The summed E-state index contributed by atoms with van der Waals surface area (Å²) in [5.74, 6) is 0. The van der Waals surface area contributed by atoms with Crippen molar-refractivity contribution >= 4 is 12.0 Å². The summed E-state index contributed by atoms with van der Waals surface area (Å²) in [6.45, 7) is 1.27. The van der Waals surface area contributed by atoms with Crippen LogP contribution in [0.1, 0.15) is 6.92 Å². The van der Waals surface area contributed by atoms with Gasteiger partial charge in [0.2, 0.25) is 0 Å². The molecule has 0 spiro atoms. The summed E-state index contributed by atoms with van der Waals surface area (Å²) >= 11 is 0.600. The summed E-state index contributed by atoms with van der Waals surface area (Å²) < 4.78 is 15.5. The van der Waals surface area contributed by atoms with Gasteiger partial charge in [-0.2, -0.15) is 0 Å². The van der Waals surface area contributed by atoms with Gasteiger partial charge in [-0.3, -0.25) is 0 Å². The van der Waals surface area contributed by atoms with Gasteiger partial charge in [0.25, 0.3) is 0 Å². The van der Waals surface area contributed by atoms with Crippen molar-refractivity contribution in [1.82, 2.24) is 0 Å². The monoisotopic (exact) mass is 328 g/mol. The fourth-order valence-electron chi connectivity index (χ4n) is 2.10. The molecule has 0 aliphatic carbocycles. The maximum Gasteiger partial charge on any atom is 0.186 e. The molecule has 2 rings (SSSR count). The molecular formula is C11H20O9S. The molecule has 21 heavy (non-hydrogen) atoms. The van der Waals surface area contributed by atoms with E-state index in [1.165, 1.54) is 6.92 Å². The summed E-state index contributed by atoms with van der Waals surface area (Å²) in [7, 11) is 0. The van der Waals surface area contributed by atoms with Crippen LogP contribution in [0.15, 0.2) is 0 Å². The molecule has 2 saturated heterocycles. The zero-order chi connectivity index (χ0) is 15.7. The number of hydrogen-bond acceptors (Lipinski definition) is 10. The summed E-state index contributed by atoms with van der Waals surface area (Å²) in [5.41, 5.74) is -1.26. The van der Waals surface area contributed by atoms with E-state index < -0.39 is 54.5 Å². The van der Waals surface area contributed by atoms with Crippen LogP contribution in [0.5, 0.6) is 0 Å². The van der Waals surface area contributed by atoms with Crippen molar-refractivity contribution in [3.8, 4) is 0 Å². The summed E-state index contributed by atoms with van der Waals surface area (Å²) in [5, 5.41) is 57.5. The van der Waals surface area contributed by atoms with Gasteiger partial charge in [-0.15, -0.1) is 0 Å². The molecule has 9 atom stereocenters. The Bertz CT molecular complexity index is 346. The predicted octanol–water partition coefficient (Wildman–Crippen LogP) is -3.08. The first kappa shape index (κ1) is 17.3. The highest BCUT2D eigenvalue weighted by Crippen LogP contribution is 2.28. The fourth-order valence-corrected chi connectivity index (χ4v) is 2.80. The SMILES string of the molecule is CC1O[C@@H](OCC2OSC(O)C(O)[C@@H]2O)C(O)C(O)[C@@H]1O. The van der Waals surface area contributed by atoms with Crippen LogP contribution in [-0.4, -0.2) is 91.7 Å². The molecule has 9 nitrogen and oxygen atoms in total. The zero-order valence-corrected chi connectivity index (χ0v) is 12.0. The molecule has 124 valence electrons. The van der Waals surface area contributed by atoms with E-state index in [0.29, 0.717) is 12.0 Å². The molecule has 2 fully saturated rings. The van der Waals surface area contributed by atoms with E-state index in [1.807, 2.05) is 0 Å². The summed E-state index contributed by atoms with van der Waals surface area (Å²) in [6, 6.07) is 0. The summed E-state index contributed by atoms with van der Waals surface area (Å²) in [4.78, 5) is 0. The molecule has 6 unspecified atom stereocenters. The molecule has 0 aromatic carbocycles. The van der Waals surface area contributed by atoms with Gasteiger partial charge in [0.15, 0.2) is 11.7 Å². The van der Waals surface area contributed by atoms with Crippen molar-refractivity contribution in [3.63, 3.8) is 0 Å². The van der Waals surface area contributed by atoms with Crippen molar-refractivity contribution < 1.29 is 44.3 Å². The molecule has 0 radical (unpaired) electrons. The van der Waals surface area contributed by atoms with Gasteiger partial charge in [-0.25, -0.2) is 0 Å². The smallest absolute Gasteiger partial charge is 0.186 e. The molecule has 0 amide bonds. The van der Waals surface area contributed by atoms with Crippen LogP contribution in [-0.2, 0) is 13.7 Å². The minimum absolute atomic E-state index is 0.241. The molecule has 0 aromatic heterocycles. The lowest BCUT2D eigenvalue weighted by molar-refractivity contribution is -0.298. The standard InChI is InChI=1S/C11H20O9S/c1-3-5(12)7(14)9(16)11(19-3)18-2-4-6(13)8(15)10(17)21-20-4/h3-17H,2H2,1H3/t3?,4?,5-,6-,7?,8?,9?,10?,11-/m1/s1. The molecule has 10 heteroatoms. The van der Waals surface area contributed by atoms with E-state index in [4.69, 9.17) is 13.7 Å². The summed E-state index contributed by atoms with van der Waals surface area (Å²) in [6.07, 6.45) is -9.75. The van der Waals surface area contributed by atoms with E-state index in [1.54, 1.807) is 0 Å². The second kappa shape index (κ2) is 7.04. The molecule has 0 bridgehead atoms. The molecule has 6 N–H and O–H groups in total. The number of ether oxygens (including phenoxy) is 2. The van der Waals surface area contributed by atoms with Gasteiger partial charge < -0.3 is 44.3 Å². The largest absolute Gasteiger partial charge is 0.388 e. The van der Waals surface area contributed by atoms with Gasteiger partial charge in [0, 0.05) is 12.0 Å². The fraction of sp³-hybridized carbons (Fsp3) is 1.00. The highest BCUT2D eigenvalue weighted by atomic mass is 32.2. The maximum atomic E-state index is 9.76. The Balaban J connectivity index is 1.88. The lowest BCUT2D eigenvalue weighted by Crippen LogP contribution is -2.58. The third-order valence-electron chi connectivity index (χ3n) is 3.53. The predicted molar refractivity (Wildman–Crippen MR) is 68.8 cm³/mol. The Hall–Kier alpha value is -0.0100. The third kappa shape index (κ3) is 3.67. The minimum Gasteiger partial charge on any atom is -0.388 e. The van der Waals surface area contributed by atoms with E-state index >= 15 is 0 Å². The molecule has 2 aliphatic heterocycles. The van der Waals surface area contributed by atoms with Crippen LogP contribution in [0, 0.1) is 0 Å². The van der Waals surface area contributed by atoms with Crippen LogP contribution in [0.4, 0.5) is 0 Å². The number of rotatable bonds is 3. The van der Waals surface area contributed by atoms with Crippen molar-refractivity contribution in [3.05, 3.63) is 0 Å². The van der Waals surface area contributed by atoms with Crippen LogP contribution in [0.25, 0.3) is 0 Å². The Morgan fingerprint density at radius 2 is 1.57 bits per heavy atom. The molecule has 0 aromatic rings. The van der Waals surface area contributed by atoms with Gasteiger partial charge >= 0.3 is 0 Å². The molecule has 0 saturated carbocycles. The van der Waals surface area contributed by atoms with E-state index in [9.17, 15) is 30.6 Å². The highest BCUT2D eigenvalue weighted by molar-refractivity contribution is 7.95. The van der Waals surface area contributed by atoms with Gasteiger partial charge in [0.1, 0.15) is 36.6 Å². The average molecular weight is 328 g/mol. The van der Waals surface area contributed by atoms with Crippen molar-refractivity contribution in [2.75, 3.05) is 6.61 Å². The first-order chi connectivity index (χ1) is 9.82. The van der Waals surface area contributed by atoms with E-state index in [2.05, 4.69) is 0 Å². The zero-order valence-electron chi connectivity index (χ0n) is 11.2. The molecule has 2 heterocycles. The quantitative estimate of drug-likeness (QED) is 0.294. The minimum atomic E-state index is -1.46. The first-order valence-corrected chi connectivity index (χ1v) is 7.31. The Morgan fingerprint density at radius 3 is 2.24 bits per heavy atom. The van der Waals surface area contributed by atoms with E-state index in [0.717, 1.165) is 0 Å². The number of aliphatic hydroxyl groups excluding tert-OH is 6.